The van der Waals surface area contributed by atoms with E-state index in [-0.39, 0.29) is 11.8 Å². The summed E-state index contributed by atoms with van der Waals surface area (Å²) in [5, 5.41) is 4.32. The zero-order valence-corrected chi connectivity index (χ0v) is 11.4. The number of nitrogens with zero attached hydrogens (tertiary/aromatic N) is 3. The van der Waals surface area contributed by atoms with E-state index in [0.29, 0.717) is 12.6 Å². The Morgan fingerprint density at radius 3 is 3.11 bits per heavy atom. The number of likely N-dealkylation sites (tertiary alicyclic amines) is 1. The molecule has 2 fully saturated rings. The van der Waals surface area contributed by atoms with Gasteiger partial charge in [0.05, 0.1) is 31.3 Å². The summed E-state index contributed by atoms with van der Waals surface area (Å²) in [7, 11) is 0. The van der Waals surface area contributed by atoms with Gasteiger partial charge in [-0.3, -0.25) is 9.48 Å². The summed E-state index contributed by atoms with van der Waals surface area (Å²) < 4.78 is 7.28. The van der Waals surface area contributed by atoms with Crippen molar-refractivity contribution >= 4 is 5.91 Å². The molecular formula is C14H21N3O2. The Labute approximate surface area is 113 Å². The molecule has 2 unspecified atom stereocenters. The topological polar surface area (TPSA) is 47.4 Å². The normalized spacial score (nSPS) is 27.1. The molecule has 19 heavy (non-hydrogen) atoms. The molecule has 1 aromatic rings. The average molecular weight is 263 g/mol. The summed E-state index contributed by atoms with van der Waals surface area (Å²) in [5.41, 5.74) is 1.17. The van der Waals surface area contributed by atoms with Gasteiger partial charge in [-0.1, -0.05) is 0 Å². The first-order chi connectivity index (χ1) is 9.24. The molecule has 0 N–H and O–H groups in total. The maximum atomic E-state index is 12.5. The third kappa shape index (κ3) is 2.66. The summed E-state index contributed by atoms with van der Waals surface area (Å²) in [5.74, 6) is 0.365. The van der Waals surface area contributed by atoms with E-state index >= 15 is 0 Å². The number of carbonyl (C=O) groups is 1. The molecular weight excluding hydrogens is 242 g/mol. The van der Waals surface area contributed by atoms with Crippen molar-refractivity contribution < 1.29 is 9.53 Å². The highest BCUT2D eigenvalue weighted by molar-refractivity contribution is 5.79. The van der Waals surface area contributed by atoms with Crippen LogP contribution in [-0.4, -0.2) is 46.4 Å². The molecule has 2 aliphatic rings. The number of carbonyl (C=O) groups excluding carboxylic acids is 1. The quantitative estimate of drug-likeness (QED) is 0.824. The van der Waals surface area contributed by atoms with Crippen molar-refractivity contribution in [3.63, 3.8) is 0 Å². The number of aryl methyl sites for hydroxylation is 1. The second-order valence-electron chi connectivity index (χ2n) is 5.63. The lowest BCUT2D eigenvalue weighted by Crippen LogP contribution is -2.41. The number of ether oxygens (including phenoxy) is 1. The average Bonchev–Trinajstić information content (AvgIpc) is 3.10. The minimum absolute atomic E-state index is 0.0833. The Balaban J connectivity index is 1.65. The largest absolute Gasteiger partial charge is 0.381 e. The lowest BCUT2D eigenvalue weighted by molar-refractivity contribution is -0.136. The second kappa shape index (κ2) is 5.33. The molecule has 0 saturated carbocycles. The van der Waals surface area contributed by atoms with Crippen LogP contribution in [0.1, 0.15) is 24.8 Å². The smallest absolute Gasteiger partial charge is 0.228 e. The Bertz CT molecular complexity index is 451. The number of amides is 1. The van der Waals surface area contributed by atoms with E-state index in [1.165, 1.54) is 5.56 Å². The van der Waals surface area contributed by atoms with Gasteiger partial charge in [-0.15, -0.1) is 0 Å². The van der Waals surface area contributed by atoms with Crippen LogP contribution in [0.5, 0.6) is 0 Å². The van der Waals surface area contributed by atoms with Crippen molar-refractivity contribution in [2.75, 3.05) is 19.8 Å². The zero-order valence-electron chi connectivity index (χ0n) is 11.4. The summed E-state index contributed by atoms with van der Waals surface area (Å²) in [6.07, 6.45) is 6.97. The maximum absolute atomic E-state index is 12.5. The standard InChI is InChI=1S/C14H21N3O2/c1-11-7-15-16(8-11)9-13-3-2-5-17(13)14(18)12-4-6-19-10-12/h7-8,12-13H,2-6,9-10H2,1H3. The van der Waals surface area contributed by atoms with Crippen LogP contribution in [0.4, 0.5) is 0 Å². The van der Waals surface area contributed by atoms with Gasteiger partial charge in [-0.25, -0.2) is 0 Å². The minimum atomic E-state index is 0.0833. The molecule has 2 saturated heterocycles. The summed E-state index contributed by atoms with van der Waals surface area (Å²) in [6, 6.07) is 0.299. The second-order valence-corrected chi connectivity index (χ2v) is 5.63. The monoisotopic (exact) mass is 263 g/mol. The van der Waals surface area contributed by atoms with Gasteiger partial charge in [-0.05, 0) is 31.7 Å². The minimum Gasteiger partial charge on any atom is -0.381 e. The van der Waals surface area contributed by atoms with E-state index in [4.69, 9.17) is 4.74 Å². The van der Waals surface area contributed by atoms with Gasteiger partial charge < -0.3 is 9.64 Å². The lowest BCUT2D eigenvalue weighted by Gasteiger charge is -2.27. The highest BCUT2D eigenvalue weighted by Crippen LogP contribution is 2.24. The number of hydrogen-bond acceptors (Lipinski definition) is 3. The molecule has 3 rings (SSSR count). The summed E-state index contributed by atoms with van der Waals surface area (Å²) >= 11 is 0. The lowest BCUT2D eigenvalue weighted by atomic mass is 10.1. The van der Waals surface area contributed by atoms with E-state index in [1.54, 1.807) is 0 Å². The summed E-state index contributed by atoms with van der Waals surface area (Å²) in [6.45, 7) is 5.07. The molecule has 0 aromatic carbocycles. The third-order valence-electron chi connectivity index (χ3n) is 4.10. The molecule has 3 heterocycles. The van der Waals surface area contributed by atoms with E-state index < -0.39 is 0 Å². The Kier molecular flexibility index (Phi) is 3.55. The molecule has 2 atom stereocenters. The van der Waals surface area contributed by atoms with Crippen LogP contribution >= 0.6 is 0 Å². The third-order valence-corrected chi connectivity index (χ3v) is 4.10. The molecule has 5 heteroatoms. The van der Waals surface area contributed by atoms with Crippen LogP contribution in [0, 0.1) is 12.8 Å². The van der Waals surface area contributed by atoms with Gasteiger partial charge in [0.25, 0.3) is 0 Å². The van der Waals surface area contributed by atoms with Crippen molar-refractivity contribution in [3.8, 4) is 0 Å². The fourth-order valence-corrected chi connectivity index (χ4v) is 3.06. The highest BCUT2D eigenvalue weighted by Gasteiger charge is 2.34. The first kappa shape index (κ1) is 12.7. The molecule has 1 amide bonds. The van der Waals surface area contributed by atoms with Gasteiger partial charge >= 0.3 is 0 Å². The fraction of sp³-hybridized carbons (Fsp3) is 0.714. The van der Waals surface area contributed by atoms with Crippen molar-refractivity contribution in [2.24, 2.45) is 5.92 Å². The van der Waals surface area contributed by atoms with Crippen molar-refractivity contribution in [1.82, 2.24) is 14.7 Å². The van der Waals surface area contributed by atoms with Gasteiger partial charge in [0.1, 0.15) is 0 Å². The van der Waals surface area contributed by atoms with Crippen LogP contribution in [0.15, 0.2) is 12.4 Å². The SMILES string of the molecule is Cc1cnn(CC2CCCN2C(=O)C2CCOC2)c1. The Morgan fingerprint density at radius 1 is 1.53 bits per heavy atom. The Morgan fingerprint density at radius 2 is 2.42 bits per heavy atom. The highest BCUT2D eigenvalue weighted by atomic mass is 16.5. The van der Waals surface area contributed by atoms with Gasteiger partial charge in [0.15, 0.2) is 0 Å². The first-order valence-corrected chi connectivity index (χ1v) is 7.11. The molecule has 1 aromatic heterocycles. The zero-order chi connectivity index (χ0) is 13.2. The molecule has 0 spiro atoms. The van der Waals surface area contributed by atoms with E-state index in [1.807, 2.05) is 24.0 Å². The number of hydrogen-bond donors (Lipinski definition) is 0. The van der Waals surface area contributed by atoms with Gasteiger partial charge in [-0.2, -0.15) is 5.10 Å². The molecule has 5 nitrogen and oxygen atoms in total. The molecule has 104 valence electrons. The fourth-order valence-electron chi connectivity index (χ4n) is 3.06. The van der Waals surface area contributed by atoms with Crippen LogP contribution in [0.2, 0.25) is 0 Å². The van der Waals surface area contributed by atoms with E-state index in [0.717, 1.165) is 39.0 Å². The first-order valence-electron chi connectivity index (χ1n) is 7.11. The van der Waals surface area contributed by atoms with Gasteiger partial charge in [0.2, 0.25) is 5.91 Å². The van der Waals surface area contributed by atoms with Crippen molar-refractivity contribution in [1.29, 1.82) is 0 Å². The predicted molar refractivity (Wildman–Crippen MR) is 70.6 cm³/mol. The van der Waals surface area contributed by atoms with Gasteiger partial charge in [0, 0.05) is 19.3 Å². The van der Waals surface area contributed by atoms with Crippen LogP contribution in [-0.2, 0) is 16.1 Å². The van der Waals surface area contributed by atoms with Crippen LogP contribution < -0.4 is 0 Å². The van der Waals surface area contributed by atoms with Crippen LogP contribution in [0.25, 0.3) is 0 Å². The molecule has 0 radical (unpaired) electrons. The molecule has 0 bridgehead atoms. The predicted octanol–water partition coefficient (Wildman–Crippen LogP) is 1.22. The maximum Gasteiger partial charge on any atom is 0.228 e. The van der Waals surface area contributed by atoms with E-state index in [2.05, 4.69) is 10.00 Å². The van der Waals surface area contributed by atoms with E-state index in [9.17, 15) is 4.79 Å². The Hall–Kier alpha value is -1.36. The number of aromatic nitrogens is 2. The number of rotatable bonds is 3. The van der Waals surface area contributed by atoms with Crippen molar-refractivity contribution in [3.05, 3.63) is 18.0 Å². The van der Waals surface area contributed by atoms with Crippen LogP contribution in [0.3, 0.4) is 0 Å². The molecule has 2 aliphatic heterocycles. The summed E-state index contributed by atoms with van der Waals surface area (Å²) in [4.78, 5) is 14.5. The van der Waals surface area contributed by atoms with Crippen molar-refractivity contribution in [2.45, 2.75) is 38.8 Å². The molecule has 0 aliphatic carbocycles.